The fourth-order valence-electron chi connectivity index (χ4n) is 2.73. The Bertz CT molecular complexity index is 696. The number of ether oxygens (including phenoxy) is 1. The van der Waals surface area contributed by atoms with E-state index in [1.165, 1.54) is 0 Å². The summed E-state index contributed by atoms with van der Waals surface area (Å²) in [4.78, 5) is 18.4. The molecular weight excluding hydrogens is 314 g/mol. The second kappa shape index (κ2) is 8.01. The van der Waals surface area contributed by atoms with Crippen molar-refractivity contribution in [1.82, 2.24) is 15.2 Å². The van der Waals surface area contributed by atoms with E-state index in [9.17, 15) is 4.79 Å². The van der Waals surface area contributed by atoms with E-state index in [2.05, 4.69) is 31.1 Å². The maximum absolute atomic E-state index is 12.7. The van der Waals surface area contributed by atoms with Crippen molar-refractivity contribution < 1.29 is 9.53 Å². The van der Waals surface area contributed by atoms with Crippen LogP contribution in [0.25, 0.3) is 0 Å². The van der Waals surface area contributed by atoms with Crippen LogP contribution in [0.1, 0.15) is 37.9 Å². The Kier molecular flexibility index (Phi) is 6.02. The van der Waals surface area contributed by atoms with Crippen molar-refractivity contribution in [1.29, 1.82) is 0 Å². The summed E-state index contributed by atoms with van der Waals surface area (Å²) in [5.74, 6) is 0.777. The number of para-hydroxylation sites is 1. The van der Waals surface area contributed by atoms with Gasteiger partial charge in [-0.3, -0.25) is 4.98 Å². The van der Waals surface area contributed by atoms with E-state index in [0.29, 0.717) is 6.54 Å². The molecule has 0 aliphatic rings. The summed E-state index contributed by atoms with van der Waals surface area (Å²) in [7, 11) is 3.44. The third-order valence-electron chi connectivity index (χ3n) is 4.10. The topological polar surface area (TPSA) is 54.5 Å². The Morgan fingerprint density at radius 3 is 2.44 bits per heavy atom. The molecule has 0 fully saturated rings. The number of nitrogens with zero attached hydrogens (tertiary/aromatic N) is 2. The van der Waals surface area contributed by atoms with E-state index >= 15 is 0 Å². The SMILES string of the molecule is COc1ccccc1C(NC(=O)N(C)Cc1ccncc1)C(C)(C)C. The zero-order valence-electron chi connectivity index (χ0n) is 15.6. The predicted octanol–water partition coefficient (Wildman–Crippen LogP) is 4.02. The molecular formula is C20H27N3O2. The first-order valence-corrected chi connectivity index (χ1v) is 8.36. The normalized spacial score (nSPS) is 12.4. The molecule has 0 saturated heterocycles. The van der Waals surface area contributed by atoms with Gasteiger partial charge in [0.05, 0.1) is 13.2 Å². The van der Waals surface area contributed by atoms with Gasteiger partial charge in [-0.2, -0.15) is 0 Å². The molecule has 1 aromatic carbocycles. The Morgan fingerprint density at radius 2 is 1.84 bits per heavy atom. The number of amides is 2. The molecule has 1 unspecified atom stereocenters. The van der Waals surface area contributed by atoms with Gasteiger partial charge in [0.1, 0.15) is 5.75 Å². The van der Waals surface area contributed by atoms with Crippen molar-refractivity contribution in [3.05, 3.63) is 59.9 Å². The maximum atomic E-state index is 12.7. The van der Waals surface area contributed by atoms with Crippen molar-refractivity contribution in [2.45, 2.75) is 33.4 Å². The predicted molar refractivity (Wildman–Crippen MR) is 99.4 cm³/mol. The molecule has 1 N–H and O–H groups in total. The molecule has 0 aliphatic carbocycles. The van der Waals surface area contributed by atoms with Crippen LogP contribution in [0.15, 0.2) is 48.8 Å². The molecule has 0 aliphatic heterocycles. The van der Waals surface area contributed by atoms with E-state index in [1.807, 2.05) is 36.4 Å². The van der Waals surface area contributed by atoms with Crippen molar-refractivity contribution in [3.8, 4) is 5.75 Å². The summed E-state index contributed by atoms with van der Waals surface area (Å²) in [6.45, 7) is 6.84. The molecule has 2 aromatic rings. The zero-order valence-corrected chi connectivity index (χ0v) is 15.6. The van der Waals surface area contributed by atoms with Crippen LogP contribution in [0.3, 0.4) is 0 Å². The van der Waals surface area contributed by atoms with Crippen molar-refractivity contribution in [2.24, 2.45) is 5.41 Å². The average Bonchev–Trinajstić information content (AvgIpc) is 2.59. The van der Waals surface area contributed by atoms with Gasteiger partial charge in [-0.15, -0.1) is 0 Å². The monoisotopic (exact) mass is 341 g/mol. The zero-order chi connectivity index (χ0) is 18.4. The molecule has 5 nitrogen and oxygen atoms in total. The smallest absolute Gasteiger partial charge is 0.317 e. The second-order valence-corrected chi connectivity index (χ2v) is 7.20. The molecule has 1 atom stereocenters. The molecule has 2 amide bonds. The molecule has 1 aromatic heterocycles. The number of benzene rings is 1. The summed E-state index contributed by atoms with van der Waals surface area (Å²) in [6, 6.07) is 11.3. The minimum atomic E-state index is -0.170. The highest BCUT2D eigenvalue weighted by molar-refractivity contribution is 5.74. The number of hydrogen-bond acceptors (Lipinski definition) is 3. The van der Waals surface area contributed by atoms with Crippen LogP contribution in [-0.2, 0) is 6.54 Å². The third-order valence-corrected chi connectivity index (χ3v) is 4.10. The second-order valence-electron chi connectivity index (χ2n) is 7.20. The van der Waals surface area contributed by atoms with E-state index in [-0.39, 0.29) is 17.5 Å². The molecule has 0 spiro atoms. The minimum absolute atomic E-state index is 0.123. The molecule has 134 valence electrons. The van der Waals surface area contributed by atoms with E-state index in [0.717, 1.165) is 16.9 Å². The molecule has 1 heterocycles. The number of nitrogens with one attached hydrogen (secondary N) is 1. The van der Waals surface area contributed by atoms with Gasteiger partial charge in [-0.1, -0.05) is 39.0 Å². The van der Waals surface area contributed by atoms with E-state index in [1.54, 1.807) is 31.5 Å². The number of carbonyl (C=O) groups excluding carboxylic acids is 1. The lowest BCUT2D eigenvalue weighted by Gasteiger charge is -2.34. The van der Waals surface area contributed by atoms with Gasteiger partial charge < -0.3 is 15.0 Å². The van der Waals surface area contributed by atoms with Crippen LogP contribution in [0.4, 0.5) is 4.79 Å². The number of methoxy groups -OCH3 is 1. The number of hydrogen-bond donors (Lipinski definition) is 1. The van der Waals surface area contributed by atoms with Gasteiger partial charge in [0.2, 0.25) is 0 Å². The fraction of sp³-hybridized carbons (Fsp3) is 0.400. The lowest BCUT2D eigenvalue weighted by Crippen LogP contribution is -2.43. The van der Waals surface area contributed by atoms with Crippen LogP contribution >= 0.6 is 0 Å². The molecule has 0 radical (unpaired) electrons. The first-order chi connectivity index (χ1) is 11.8. The van der Waals surface area contributed by atoms with Crippen molar-refractivity contribution >= 4 is 6.03 Å². The van der Waals surface area contributed by atoms with Crippen LogP contribution in [0.5, 0.6) is 5.75 Å². The molecule has 0 bridgehead atoms. The van der Waals surface area contributed by atoms with Gasteiger partial charge >= 0.3 is 6.03 Å². The number of urea groups is 1. The maximum Gasteiger partial charge on any atom is 0.317 e. The van der Waals surface area contributed by atoms with Gasteiger partial charge in [0, 0.05) is 31.5 Å². The number of pyridine rings is 1. The first kappa shape index (κ1) is 18.8. The Balaban J connectivity index is 2.18. The van der Waals surface area contributed by atoms with Crippen LogP contribution in [0, 0.1) is 5.41 Å². The highest BCUT2D eigenvalue weighted by Gasteiger charge is 2.30. The number of aromatic nitrogens is 1. The summed E-state index contributed by atoms with van der Waals surface area (Å²) in [5.41, 5.74) is 1.85. The summed E-state index contributed by atoms with van der Waals surface area (Å²) < 4.78 is 5.49. The van der Waals surface area contributed by atoms with Gasteiger partial charge in [-0.25, -0.2) is 4.79 Å². The van der Waals surface area contributed by atoms with Crippen molar-refractivity contribution in [3.63, 3.8) is 0 Å². The molecule has 25 heavy (non-hydrogen) atoms. The highest BCUT2D eigenvalue weighted by Crippen LogP contribution is 2.37. The minimum Gasteiger partial charge on any atom is -0.496 e. The molecule has 2 rings (SSSR count). The highest BCUT2D eigenvalue weighted by atomic mass is 16.5. The summed E-state index contributed by atoms with van der Waals surface area (Å²) in [5, 5.41) is 3.16. The third kappa shape index (κ3) is 4.95. The Hall–Kier alpha value is -2.56. The number of rotatable bonds is 5. The Labute approximate surface area is 150 Å². The van der Waals surface area contributed by atoms with E-state index < -0.39 is 0 Å². The first-order valence-electron chi connectivity index (χ1n) is 8.36. The van der Waals surface area contributed by atoms with Gasteiger partial charge in [0.25, 0.3) is 0 Å². The lowest BCUT2D eigenvalue weighted by atomic mass is 9.82. The quantitative estimate of drug-likeness (QED) is 0.894. The summed E-state index contributed by atoms with van der Waals surface area (Å²) in [6.07, 6.45) is 3.46. The van der Waals surface area contributed by atoms with E-state index in [4.69, 9.17) is 4.74 Å². The van der Waals surface area contributed by atoms with Crippen LogP contribution in [-0.4, -0.2) is 30.1 Å². The van der Waals surface area contributed by atoms with Gasteiger partial charge in [0.15, 0.2) is 0 Å². The largest absolute Gasteiger partial charge is 0.496 e. The molecule has 0 saturated carbocycles. The molecule has 5 heteroatoms. The number of carbonyl (C=O) groups is 1. The van der Waals surface area contributed by atoms with Crippen LogP contribution < -0.4 is 10.1 Å². The summed E-state index contributed by atoms with van der Waals surface area (Å²) >= 11 is 0. The lowest BCUT2D eigenvalue weighted by molar-refractivity contribution is 0.186. The average molecular weight is 341 g/mol. The van der Waals surface area contributed by atoms with Gasteiger partial charge in [-0.05, 0) is 29.2 Å². The standard InChI is InChI=1S/C20H27N3O2/c1-20(2,3)18(16-8-6-7-9-17(16)25-5)22-19(24)23(4)14-15-10-12-21-13-11-15/h6-13,18H,14H2,1-5H3,(H,22,24). The van der Waals surface area contributed by atoms with Crippen LogP contribution in [0.2, 0.25) is 0 Å². The Morgan fingerprint density at radius 1 is 1.20 bits per heavy atom. The van der Waals surface area contributed by atoms with Crippen molar-refractivity contribution in [2.75, 3.05) is 14.2 Å². The fourth-order valence-corrected chi connectivity index (χ4v) is 2.73.